The third-order valence-electron chi connectivity index (χ3n) is 8.75. The summed E-state index contributed by atoms with van der Waals surface area (Å²) in [6.45, 7) is 4.87. The number of imide groups is 2. The first-order chi connectivity index (χ1) is 24.2. The predicted octanol–water partition coefficient (Wildman–Crippen LogP) is 5.08. The van der Waals surface area contributed by atoms with E-state index in [9.17, 15) is 24.0 Å². The van der Waals surface area contributed by atoms with Gasteiger partial charge >= 0.3 is 0 Å². The number of hydrogen-bond acceptors (Lipinski definition) is 10. The zero-order valence-corrected chi connectivity index (χ0v) is 27.8. The minimum absolute atomic E-state index is 0.0765. The molecule has 2 aliphatic heterocycles. The van der Waals surface area contributed by atoms with Gasteiger partial charge in [0, 0.05) is 37.7 Å². The van der Waals surface area contributed by atoms with Crippen molar-refractivity contribution < 1.29 is 33.4 Å². The Morgan fingerprint density at radius 3 is 2.26 bits per heavy atom. The number of amides is 4. The number of nitrogens with zero attached hydrogens (tertiary/aromatic N) is 3. The molecule has 0 spiro atoms. The number of ketones is 1. The fourth-order valence-electron chi connectivity index (χ4n) is 6.14. The van der Waals surface area contributed by atoms with Gasteiger partial charge in [0.15, 0.2) is 11.6 Å². The fourth-order valence-corrected chi connectivity index (χ4v) is 6.14. The van der Waals surface area contributed by atoms with E-state index in [1.165, 1.54) is 18.1 Å². The molecular weight excluding hydrogens is 638 g/mol. The lowest BCUT2D eigenvalue weighted by molar-refractivity contribution is -0.136. The number of nitrogens with one attached hydrogen (secondary N) is 2. The second-order valence-electron chi connectivity index (χ2n) is 12.2. The summed E-state index contributed by atoms with van der Waals surface area (Å²) < 4.78 is 11.9. The second kappa shape index (κ2) is 15.1. The molecule has 2 atom stereocenters. The number of piperidine rings is 1. The van der Waals surface area contributed by atoms with Crippen LogP contribution < -0.4 is 20.1 Å². The molecule has 4 aromatic rings. The lowest BCUT2D eigenvalue weighted by Gasteiger charge is -2.27. The predicted molar refractivity (Wildman–Crippen MR) is 183 cm³/mol. The van der Waals surface area contributed by atoms with Gasteiger partial charge in [-0.2, -0.15) is 0 Å². The van der Waals surface area contributed by atoms with E-state index in [1.807, 2.05) is 24.3 Å². The first-order valence-corrected chi connectivity index (χ1v) is 16.6. The number of carbonyl (C=O) groups excluding carboxylic acids is 5. The average Bonchev–Trinajstić information content (AvgIpc) is 3.37. The Kier molecular flexibility index (Phi) is 10.3. The normalized spacial score (nSPS) is 16.1. The highest BCUT2D eigenvalue weighted by Gasteiger charge is 2.44. The molecule has 0 saturated carbocycles. The van der Waals surface area contributed by atoms with Gasteiger partial charge in [0.05, 0.1) is 23.4 Å². The molecule has 12 heteroatoms. The van der Waals surface area contributed by atoms with Crippen LogP contribution in [0.1, 0.15) is 93.6 Å². The van der Waals surface area contributed by atoms with Crippen LogP contribution in [0, 0.1) is 0 Å². The van der Waals surface area contributed by atoms with E-state index in [-0.39, 0.29) is 48.1 Å². The Labute approximate surface area is 289 Å². The number of ether oxygens (including phenoxy) is 2. The summed E-state index contributed by atoms with van der Waals surface area (Å²) in [5, 5.41) is 5.47. The zero-order valence-electron chi connectivity index (χ0n) is 27.8. The van der Waals surface area contributed by atoms with Crippen LogP contribution in [-0.4, -0.2) is 63.5 Å². The van der Waals surface area contributed by atoms with Crippen molar-refractivity contribution in [1.82, 2.24) is 20.2 Å². The standard InChI is InChI=1S/C38H37N5O7/c1-3-30(25-7-12-29(13-8-25)50-22-27-17-19-40-35(41-27)23(2)44)24-5-10-28(11-6-24)49-20-4-18-39-26-9-14-31-32(21-26)38(48)43(37(31)47)33-15-16-34(45)42-36(33)46/h5-14,17,19,21,30,33,39H,3-4,15-16,18,20,22H2,1-2H3,(H,42,45,46). The maximum Gasteiger partial charge on any atom is 0.262 e. The highest BCUT2D eigenvalue weighted by molar-refractivity contribution is 6.23. The molecule has 3 aromatic carbocycles. The van der Waals surface area contributed by atoms with E-state index in [0.29, 0.717) is 36.7 Å². The lowest BCUT2D eigenvalue weighted by atomic mass is 9.89. The van der Waals surface area contributed by atoms with Gasteiger partial charge in [-0.1, -0.05) is 31.2 Å². The molecule has 4 amide bonds. The highest BCUT2D eigenvalue weighted by Crippen LogP contribution is 2.31. The molecule has 6 rings (SSSR count). The van der Waals surface area contributed by atoms with Crippen molar-refractivity contribution in [2.24, 2.45) is 0 Å². The molecule has 50 heavy (non-hydrogen) atoms. The molecule has 2 unspecified atom stereocenters. The number of aromatic nitrogens is 2. The Balaban J connectivity index is 0.960. The summed E-state index contributed by atoms with van der Waals surface area (Å²) in [7, 11) is 0. The van der Waals surface area contributed by atoms with Crippen LogP contribution in [0.5, 0.6) is 11.5 Å². The molecule has 0 bridgehead atoms. The molecule has 0 aliphatic carbocycles. The molecule has 0 radical (unpaired) electrons. The zero-order chi connectivity index (χ0) is 35.2. The number of anilines is 1. The van der Waals surface area contributed by atoms with Gasteiger partial charge in [-0.3, -0.25) is 34.2 Å². The Morgan fingerprint density at radius 1 is 0.920 bits per heavy atom. The molecule has 2 aliphatic rings. The van der Waals surface area contributed by atoms with E-state index in [0.717, 1.165) is 17.1 Å². The Hall–Kier alpha value is -5.91. The van der Waals surface area contributed by atoms with E-state index in [2.05, 4.69) is 51.8 Å². The van der Waals surface area contributed by atoms with E-state index < -0.39 is 29.7 Å². The number of carbonyl (C=O) groups is 5. The van der Waals surface area contributed by atoms with Crippen LogP contribution in [0.15, 0.2) is 79.0 Å². The summed E-state index contributed by atoms with van der Waals surface area (Å²) in [4.78, 5) is 70.5. The van der Waals surface area contributed by atoms with Crippen molar-refractivity contribution in [1.29, 1.82) is 0 Å². The number of rotatable bonds is 14. The average molecular weight is 676 g/mol. The van der Waals surface area contributed by atoms with Gasteiger partial charge in [0.2, 0.25) is 11.8 Å². The smallest absolute Gasteiger partial charge is 0.262 e. The summed E-state index contributed by atoms with van der Waals surface area (Å²) in [5.74, 6) is -0.438. The maximum absolute atomic E-state index is 13.1. The third-order valence-corrected chi connectivity index (χ3v) is 8.75. The topological polar surface area (TPSA) is 157 Å². The quantitative estimate of drug-likeness (QED) is 0.105. The Morgan fingerprint density at radius 2 is 1.60 bits per heavy atom. The van der Waals surface area contributed by atoms with Crippen LogP contribution in [0.3, 0.4) is 0 Å². The van der Waals surface area contributed by atoms with Crippen molar-refractivity contribution in [2.45, 2.75) is 58.1 Å². The molecule has 2 N–H and O–H groups in total. The SMILES string of the molecule is CCC(c1ccc(OCCCNc2ccc3c(c2)C(=O)N(C2CCC(=O)NC2=O)C3=O)cc1)c1ccc(OCc2ccnc(C(C)=O)n2)cc1. The largest absolute Gasteiger partial charge is 0.494 e. The van der Waals surface area contributed by atoms with E-state index in [1.54, 1.807) is 30.5 Å². The van der Waals surface area contributed by atoms with Gasteiger partial charge in [0.1, 0.15) is 24.1 Å². The number of fused-ring (bicyclic) bond motifs is 1. The van der Waals surface area contributed by atoms with Crippen LogP contribution in [-0.2, 0) is 16.2 Å². The van der Waals surface area contributed by atoms with Gasteiger partial charge < -0.3 is 14.8 Å². The minimum atomic E-state index is -0.991. The molecule has 12 nitrogen and oxygen atoms in total. The van der Waals surface area contributed by atoms with Crippen molar-refractivity contribution in [3.63, 3.8) is 0 Å². The summed E-state index contributed by atoms with van der Waals surface area (Å²) in [5.41, 5.74) is 4.14. The highest BCUT2D eigenvalue weighted by atomic mass is 16.5. The van der Waals surface area contributed by atoms with Gasteiger partial charge in [-0.15, -0.1) is 0 Å². The number of Topliss-reactive ketones (excluding diaryl/α,β-unsaturated/α-hetero) is 1. The van der Waals surface area contributed by atoms with Crippen molar-refractivity contribution in [3.8, 4) is 11.5 Å². The first-order valence-electron chi connectivity index (χ1n) is 16.6. The van der Waals surface area contributed by atoms with Crippen molar-refractivity contribution in [3.05, 3.63) is 113 Å². The van der Waals surface area contributed by atoms with Gasteiger partial charge in [0.25, 0.3) is 11.8 Å². The molecular formula is C38H37N5O7. The van der Waals surface area contributed by atoms with Crippen LogP contribution >= 0.6 is 0 Å². The van der Waals surface area contributed by atoms with Crippen LogP contribution in [0.25, 0.3) is 0 Å². The number of benzene rings is 3. The monoisotopic (exact) mass is 675 g/mol. The summed E-state index contributed by atoms with van der Waals surface area (Å²) in [6.07, 6.45) is 3.35. The molecule has 1 aromatic heterocycles. The lowest BCUT2D eigenvalue weighted by Crippen LogP contribution is -2.54. The number of hydrogen-bond donors (Lipinski definition) is 2. The van der Waals surface area contributed by atoms with Crippen LogP contribution in [0.2, 0.25) is 0 Å². The molecule has 3 heterocycles. The van der Waals surface area contributed by atoms with Crippen LogP contribution in [0.4, 0.5) is 5.69 Å². The third kappa shape index (κ3) is 7.54. The Bertz CT molecular complexity index is 1930. The van der Waals surface area contributed by atoms with Gasteiger partial charge in [-0.05, 0) is 78.9 Å². The molecule has 256 valence electrons. The minimum Gasteiger partial charge on any atom is -0.494 e. The van der Waals surface area contributed by atoms with Gasteiger partial charge in [-0.25, -0.2) is 9.97 Å². The first kappa shape index (κ1) is 34.0. The van der Waals surface area contributed by atoms with Crippen molar-refractivity contribution in [2.75, 3.05) is 18.5 Å². The molecule has 1 fully saturated rings. The van der Waals surface area contributed by atoms with Crippen molar-refractivity contribution >= 4 is 35.1 Å². The maximum atomic E-state index is 13.1. The molecule has 1 saturated heterocycles. The summed E-state index contributed by atoms with van der Waals surface area (Å²) >= 11 is 0. The summed E-state index contributed by atoms with van der Waals surface area (Å²) in [6, 6.07) is 21.8. The van der Waals surface area contributed by atoms with E-state index >= 15 is 0 Å². The fraction of sp³-hybridized carbons (Fsp3) is 0.289. The van der Waals surface area contributed by atoms with E-state index in [4.69, 9.17) is 9.47 Å². The second-order valence-corrected chi connectivity index (χ2v) is 12.2.